The molecule has 0 bridgehead atoms. The Labute approximate surface area is 144 Å². The molecule has 0 saturated heterocycles. The first kappa shape index (κ1) is 18.1. The van der Waals surface area contributed by atoms with Crippen LogP contribution in [0.25, 0.3) is 0 Å². The molecular formula is C16H16ClNO5S. The lowest BCUT2D eigenvalue weighted by Crippen LogP contribution is -2.23. The highest BCUT2D eigenvalue weighted by molar-refractivity contribution is 8.13. The fraction of sp³-hybridized carbons (Fsp3) is 0.188. The van der Waals surface area contributed by atoms with E-state index in [1.165, 1.54) is 26.4 Å². The number of benzene rings is 2. The second kappa shape index (κ2) is 7.55. The maximum atomic E-state index is 12.1. The minimum atomic E-state index is -4.02. The van der Waals surface area contributed by atoms with E-state index >= 15 is 0 Å². The highest BCUT2D eigenvalue weighted by Gasteiger charge is 2.20. The van der Waals surface area contributed by atoms with E-state index in [2.05, 4.69) is 5.32 Å². The predicted molar refractivity (Wildman–Crippen MR) is 90.2 cm³/mol. The summed E-state index contributed by atoms with van der Waals surface area (Å²) in [6, 6.07) is 11.3. The highest BCUT2D eigenvalue weighted by atomic mass is 35.7. The van der Waals surface area contributed by atoms with Crippen molar-refractivity contribution in [2.75, 3.05) is 14.2 Å². The van der Waals surface area contributed by atoms with Crippen molar-refractivity contribution in [1.82, 2.24) is 5.32 Å². The van der Waals surface area contributed by atoms with Crippen molar-refractivity contribution >= 4 is 25.6 Å². The van der Waals surface area contributed by atoms with Gasteiger partial charge >= 0.3 is 0 Å². The summed E-state index contributed by atoms with van der Waals surface area (Å²) in [6.07, 6.45) is 0. The van der Waals surface area contributed by atoms with Crippen molar-refractivity contribution in [2.24, 2.45) is 0 Å². The molecule has 128 valence electrons. The van der Waals surface area contributed by atoms with E-state index < -0.39 is 9.05 Å². The van der Waals surface area contributed by atoms with Crippen molar-refractivity contribution in [3.05, 3.63) is 53.6 Å². The summed E-state index contributed by atoms with van der Waals surface area (Å²) in [5.41, 5.74) is 0.764. The first-order valence-electron chi connectivity index (χ1n) is 6.89. The van der Waals surface area contributed by atoms with E-state index in [-0.39, 0.29) is 23.1 Å². The molecule has 2 aromatic carbocycles. The molecule has 0 aromatic heterocycles. The zero-order valence-corrected chi connectivity index (χ0v) is 14.6. The molecule has 2 rings (SSSR count). The average Bonchev–Trinajstić information content (AvgIpc) is 2.58. The van der Waals surface area contributed by atoms with Crippen LogP contribution in [0.1, 0.15) is 15.9 Å². The van der Waals surface area contributed by atoms with Gasteiger partial charge in [0.15, 0.2) is 11.5 Å². The SMILES string of the molecule is COc1cc(CNC(=O)c2ccccc2)c(S(=O)(=O)Cl)cc1OC. The summed E-state index contributed by atoms with van der Waals surface area (Å²) in [5, 5.41) is 2.66. The Morgan fingerprint density at radius 3 is 2.21 bits per heavy atom. The van der Waals surface area contributed by atoms with Gasteiger partial charge in [0.2, 0.25) is 0 Å². The minimum Gasteiger partial charge on any atom is -0.493 e. The van der Waals surface area contributed by atoms with Gasteiger partial charge in [-0.05, 0) is 23.8 Å². The third kappa shape index (κ3) is 4.18. The molecule has 0 aliphatic rings. The van der Waals surface area contributed by atoms with Gasteiger partial charge in [0.05, 0.1) is 19.1 Å². The number of methoxy groups -OCH3 is 2. The standard InChI is InChI=1S/C16H16ClNO5S/c1-22-13-8-12(15(24(17,20)21)9-14(13)23-2)10-18-16(19)11-6-4-3-5-7-11/h3-9H,10H2,1-2H3,(H,18,19). The number of nitrogens with one attached hydrogen (secondary N) is 1. The molecule has 0 atom stereocenters. The van der Waals surface area contributed by atoms with Crippen LogP contribution in [0.2, 0.25) is 0 Å². The Balaban J connectivity index is 2.33. The van der Waals surface area contributed by atoms with Gasteiger partial charge in [0, 0.05) is 28.9 Å². The molecule has 0 spiro atoms. The third-order valence-electron chi connectivity index (χ3n) is 3.30. The molecule has 0 heterocycles. The van der Waals surface area contributed by atoms with Gasteiger partial charge in [-0.25, -0.2) is 8.42 Å². The Bertz CT molecular complexity index is 837. The van der Waals surface area contributed by atoms with Crippen molar-refractivity contribution < 1.29 is 22.7 Å². The van der Waals surface area contributed by atoms with Crippen molar-refractivity contribution in [3.63, 3.8) is 0 Å². The Hall–Kier alpha value is -2.25. The lowest BCUT2D eigenvalue weighted by molar-refractivity contribution is 0.0950. The second-order valence-electron chi connectivity index (χ2n) is 4.80. The maximum Gasteiger partial charge on any atom is 0.261 e. The van der Waals surface area contributed by atoms with Gasteiger partial charge in [-0.3, -0.25) is 4.79 Å². The van der Waals surface area contributed by atoms with Crippen LogP contribution >= 0.6 is 10.7 Å². The molecule has 6 nitrogen and oxygen atoms in total. The topological polar surface area (TPSA) is 81.7 Å². The summed E-state index contributed by atoms with van der Waals surface area (Å²) < 4.78 is 33.8. The zero-order valence-electron chi connectivity index (χ0n) is 13.1. The van der Waals surface area contributed by atoms with Crippen molar-refractivity contribution in [1.29, 1.82) is 0 Å². The van der Waals surface area contributed by atoms with Crippen LogP contribution in [0.15, 0.2) is 47.4 Å². The summed E-state index contributed by atoms with van der Waals surface area (Å²) in [5.74, 6) is 0.240. The Morgan fingerprint density at radius 1 is 1.08 bits per heavy atom. The van der Waals surface area contributed by atoms with Gasteiger partial charge in [0.1, 0.15) is 0 Å². The first-order chi connectivity index (χ1) is 11.4. The number of hydrogen-bond acceptors (Lipinski definition) is 5. The van der Waals surface area contributed by atoms with Gasteiger partial charge in [-0.2, -0.15) is 0 Å². The molecule has 1 amide bonds. The van der Waals surface area contributed by atoms with E-state index in [4.69, 9.17) is 20.2 Å². The third-order valence-corrected chi connectivity index (χ3v) is 4.71. The number of halogens is 1. The van der Waals surface area contributed by atoms with Crippen LogP contribution in [0.4, 0.5) is 0 Å². The van der Waals surface area contributed by atoms with Crippen molar-refractivity contribution in [2.45, 2.75) is 11.4 Å². The molecule has 24 heavy (non-hydrogen) atoms. The van der Waals surface area contributed by atoms with E-state index in [9.17, 15) is 13.2 Å². The van der Waals surface area contributed by atoms with Gasteiger partial charge in [0.25, 0.3) is 15.0 Å². The molecule has 0 unspecified atom stereocenters. The quantitative estimate of drug-likeness (QED) is 0.791. The monoisotopic (exact) mass is 369 g/mol. The molecule has 0 fully saturated rings. The highest BCUT2D eigenvalue weighted by Crippen LogP contribution is 2.34. The van der Waals surface area contributed by atoms with Gasteiger partial charge in [-0.1, -0.05) is 18.2 Å². The number of ether oxygens (including phenoxy) is 2. The molecule has 2 aromatic rings. The Kier molecular flexibility index (Phi) is 5.69. The molecule has 0 aliphatic heterocycles. The number of carbonyl (C=O) groups is 1. The van der Waals surface area contributed by atoms with Crippen LogP contribution in [-0.4, -0.2) is 28.5 Å². The first-order valence-corrected chi connectivity index (χ1v) is 9.20. The van der Waals surface area contributed by atoms with E-state index in [0.717, 1.165) is 0 Å². The molecule has 0 saturated carbocycles. The summed E-state index contributed by atoms with van der Waals surface area (Å²) in [6.45, 7) is -0.0324. The largest absolute Gasteiger partial charge is 0.493 e. The lowest BCUT2D eigenvalue weighted by atomic mass is 10.1. The number of amides is 1. The summed E-state index contributed by atoms with van der Waals surface area (Å²) >= 11 is 0. The van der Waals surface area contributed by atoms with Crippen LogP contribution in [0.5, 0.6) is 11.5 Å². The van der Waals surface area contributed by atoms with Gasteiger partial charge in [-0.15, -0.1) is 0 Å². The summed E-state index contributed by atoms with van der Waals surface area (Å²) in [4.78, 5) is 12.0. The fourth-order valence-corrected chi connectivity index (χ4v) is 3.26. The Morgan fingerprint density at radius 2 is 1.67 bits per heavy atom. The van der Waals surface area contributed by atoms with Crippen LogP contribution in [0.3, 0.4) is 0 Å². The molecule has 0 radical (unpaired) electrons. The molecule has 1 N–H and O–H groups in total. The maximum absolute atomic E-state index is 12.1. The van der Waals surface area contributed by atoms with Crippen molar-refractivity contribution in [3.8, 4) is 11.5 Å². The van der Waals surface area contributed by atoms with Crippen LogP contribution < -0.4 is 14.8 Å². The minimum absolute atomic E-state index is 0.0324. The fourth-order valence-electron chi connectivity index (χ4n) is 2.13. The predicted octanol–water partition coefficient (Wildman–Crippen LogP) is 2.56. The zero-order chi connectivity index (χ0) is 17.7. The van der Waals surface area contributed by atoms with Crippen LogP contribution in [-0.2, 0) is 15.6 Å². The smallest absolute Gasteiger partial charge is 0.261 e. The molecule has 0 aliphatic carbocycles. The molecular weight excluding hydrogens is 354 g/mol. The number of rotatable bonds is 6. The van der Waals surface area contributed by atoms with E-state index in [0.29, 0.717) is 16.9 Å². The summed E-state index contributed by atoms with van der Waals surface area (Å²) in [7, 11) is 4.28. The van der Waals surface area contributed by atoms with Crippen LogP contribution in [0, 0.1) is 0 Å². The molecule has 8 heteroatoms. The van der Waals surface area contributed by atoms with Gasteiger partial charge < -0.3 is 14.8 Å². The van der Waals surface area contributed by atoms with E-state index in [1.54, 1.807) is 30.3 Å². The second-order valence-corrected chi connectivity index (χ2v) is 7.34. The lowest BCUT2D eigenvalue weighted by Gasteiger charge is -2.14. The average molecular weight is 370 g/mol. The number of hydrogen-bond donors (Lipinski definition) is 1. The van der Waals surface area contributed by atoms with E-state index in [1.807, 2.05) is 0 Å². The normalized spacial score (nSPS) is 11.0. The number of carbonyl (C=O) groups excluding carboxylic acids is 1.